The molecule has 6 aliphatic carbocycles. The van der Waals surface area contributed by atoms with E-state index in [1.807, 2.05) is 36.4 Å². The zero-order valence-electron chi connectivity index (χ0n) is 23.3. The van der Waals surface area contributed by atoms with Gasteiger partial charge in [0.05, 0.1) is 0 Å². The van der Waals surface area contributed by atoms with Gasteiger partial charge >= 0.3 is 46.8 Å². The Morgan fingerprint density at radius 2 is 1.29 bits per heavy atom. The van der Waals surface area contributed by atoms with Gasteiger partial charge in [-0.05, 0) is 73.1 Å². The normalized spacial score (nSPS) is 27.8. The fourth-order valence-electron chi connectivity index (χ4n) is 6.59. The molecule has 0 radical (unpaired) electrons. The summed E-state index contributed by atoms with van der Waals surface area (Å²) < 4.78 is 0. The minimum atomic E-state index is -0.0946. The number of carbonyl (C=O) groups is 2. The van der Waals surface area contributed by atoms with Gasteiger partial charge in [0.25, 0.3) is 0 Å². The molecule has 0 spiro atoms. The molecule has 2 aromatic rings. The number of hydrogen-bond donors (Lipinski definition) is 2. The van der Waals surface area contributed by atoms with Gasteiger partial charge in [-0.1, -0.05) is 44.5 Å². The molecule has 8 rings (SSSR count). The molecule has 0 heterocycles. The molecule has 6 aliphatic rings. The van der Waals surface area contributed by atoms with Gasteiger partial charge in [0.15, 0.2) is 5.78 Å². The summed E-state index contributed by atoms with van der Waals surface area (Å²) >= 11 is 9.06. The topological polar surface area (TPSA) is 154 Å². The van der Waals surface area contributed by atoms with Crippen LogP contribution in [0.15, 0.2) is 48.5 Å². The molecule has 41 heavy (non-hydrogen) atoms. The van der Waals surface area contributed by atoms with Crippen LogP contribution in [0.5, 0.6) is 0 Å². The molecule has 4 N–H and O–H groups in total. The molecule has 0 atom stereocenters. The van der Waals surface area contributed by atoms with Crippen LogP contribution in [0.25, 0.3) is 0 Å². The van der Waals surface area contributed by atoms with Gasteiger partial charge in [-0.15, -0.1) is 0 Å². The summed E-state index contributed by atoms with van der Waals surface area (Å²) in [6, 6.07) is 17.5. The fraction of sp³-hybridized carbons (Fsp3) is 0.467. The SMILES string of the molecule is CCC12CC(C(=O)Cl)(C1)C2.CCC12CC(C(=O)c3cccc(N)c3)(C1)C2.Nc1c[c-]ccc1.O=C=O.O=C=O.[Zn+][I]. The van der Waals surface area contributed by atoms with E-state index in [9.17, 15) is 9.59 Å². The molecule has 0 unspecified atom stereocenters. The van der Waals surface area contributed by atoms with Gasteiger partial charge in [-0.25, -0.2) is 0 Å². The first-order valence-electron chi connectivity index (χ1n) is 13.0. The number of rotatable bonds is 5. The van der Waals surface area contributed by atoms with Crippen molar-refractivity contribution in [3.05, 3.63) is 60.2 Å². The molecule has 6 saturated carbocycles. The number of benzene rings is 2. The molecule has 0 aliphatic heterocycles. The van der Waals surface area contributed by atoms with Crippen molar-refractivity contribution in [2.45, 2.75) is 65.2 Å². The van der Waals surface area contributed by atoms with E-state index in [1.165, 1.54) is 27.6 Å². The maximum atomic E-state index is 12.3. The van der Waals surface area contributed by atoms with E-state index in [-0.39, 0.29) is 28.4 Å². The number of halogens is 2. The van der Waals surface area contributed by atoms with Crippen molar-refractivity contribution in [3.8, 4) is 0 Å². The summed E-state index contributed by atoms with van der Waals surface area (Å²) in [5.74, 6) is 0.315. The van der Waals surface area contributed by atoms with Crippen molar-refractivity contribution >= 4 is 66.1 Å². The van der Waals surface area contributed by atoms with Crippen molar-refractivity contribution in [1.29, 1.82) is 0 Å². The van der Waals surface area contributed by atoms with Crippen molar-refractivity contribution in [3.63, 3.8) is 0 Å². The van der Waals surface area contributed by atoms with Crippen LogP contribution < -0.4 is 11.5 Å². The van der Waals surface area contributed by atoms with Gasteiger partial charge in [0.1, 0.15) is 0 Å². The fourth-order valence-corrected chi connectivity index (χ4v) is 6.79. The first kappa shape index (κ1) is 36.8. The predicted molar refractivity (Wildman–Crippen MR) is 158 cm³/mol. The Morgan fingerprint density at radius 1 is 0.854 bits per heavy atom. The Balaban J connectivity index is 0.000000289. The van der Waals surface area contributed by atoms with Crippen LogP contribution in [0, 0.1) is 27.7 Å². The number of nitrogens with two attached hydrogens (primary N) is 2. The third-order valence-corrected chi connectivity index (χ3v) is 8.96. The van der Waals surface area contributed by atoms with E-state index in [4.69, 9.17) is 42.2 Å². The first-order valence-corrected chi connectivity index (χ1v) is 22.4. The molecular formula is C30H34ClIN2O6Zn. The van der Waals surface area contributed by atoms with Crippen LogP contribution in [-0.4, -0.2) is 23.3 Å². The van der Waals surface area contributed by atoms with Gasteiger partial charge in [0.2, 0.25) is 5.24 Å². The zero-order valence-corrected chi connectivity index (χ0v) is 29.2. The van der Waals surface area contributed by atoms with Crippen LogP contribution >= 0.6 is 31.4 Å². The van der Waals surface area contributed by atoms with E-state index in [0.717, 1.165) is 49.8 Å². The molecule has 4 bridgehead atoms. The Hall–Kier alpha value is -2.22. The summed E-state index contributed by atoms with van der Waals surface area (Å²) in [6.07, 6.45) is 9.45. The molecule has 8 nitrogen and oxygen atoms in total. The standard InChI is InChI=1S/C14H17NO.C8H11ClO.C6H6N.2CO2.HI.Zn/c1-2-13-7-14(8-13,9-13)12(16)10-4-3-5-11(15)6-10;1-2-7-3-8(4-7,5-7)6(9)10;7-6-4-2-1-3-5-6;2*2-1-3;;/h3-6H,2,7-9,15H2,1H3;2-5H2,1H3;1-2,4-5H,7H2;;;1H;/q;;-1;;;;+2/p-1. The average molecular weight is 746 g/mol. The number of anilines is 2. The Kier molecular flexibility index (Phi) is 14.7. The number of hydrogen-bond acceptors (Lipinski definition) is 8. The molecule has 0 aromatic heterocycles. The van der Waals surface area contributed by atoms with E-state index in [1.54, 1.807) is 12.1 Å². The summed E-state index contributed by atoms with van der Waals surface area (Å²) in [4.78, 5) is 55.7. The van der Waals surface area contributed by atoms with Crippen LogP contribution in [-0.2, 0) is 38.8 Å². The molecule has 0 amide bonds. The van der Waals surface area contributed by atoms with E-state index in [0.29, 0.717) is 22.3 Å². The van der Waals surface area contributed by atoms with Gasteiger partial charge in [0, 0.05) is 22.1 Å². The van der Waals surface area contributed by atoms with Crippen LogP contribution in [0.1, 0.15) is 75.6 Å². The van der Waals surface area contributed by atoms with Crippen molar-refractivity contribution in [2.24, 2.45) is 21.7 Å². The summed E-state index contributed by atoms with van der Waals surface area (Å²) in [7, 11) is 0. The summed E-state index contributed by atoms with van der Waals surface area (Å²) in [5.41, 5.74) is 14.3. The number of nitrogen functional groups attached to an aromatic ring is 2. The quantitative estimate of drug-likeness (QED) is 0.0923. The van der Waals surface area contributed by atoms with Gasteiger partial charge in [-0.2, -0.15) is 49.5 Å². The summed E-state index contributed by atoms with van der Waals surface area (Å²) in [6.45, 7) is 4.43. The van der Waals surface area contributed by atoms with Gasteiger partial charge in [-0.3, -0.25) is 9.59 Å². The summed E-state index contributed by atoms with van der Waals surface area (Å²) in [5, 5.41) is -0.0946. The van der Waals surface area contributed by atoms with Crippen LogP contribution in [0.2, 0.25) is 0 Å². The molecular weight excluding hydrogens is 712 g/mol. The third kappa shape index (κ3) is 8.89. The first-order chi connectivity index (χ1) is 19.4. The average Bonchev–Trinajstić information content (AvgIpc) is 2.85. The predicted octanol–water partition coefficient (Wildman–Crippen LogP) is 6.15. The second-order valence-corrected chi connectivity index (χ2v) is 11.4. The number of ketones is 1. The molecule has 6 fully saturated rings. The Morgan fingerprint density at radius 3 is 1.61 bits per heavy atom. The monoisotopic (exact) mass is 744 g/mol. The third-order valence-electron chi connectivity index (χ3n) is 8.56. The molecule has 11 heteroatoms. The van der Waals surface area contributed by atoms with Gasteiger partial charge < -0.3 is 11.5 Å². The number of Topliss-reactive ketones (excluding diaryl/α,β-unsaturated/α-hetero) is 1. The molecule has 2 aromatic carbocycles. The van der Waals surface area contributed by atoms with Crippen molar-refractivity contribution < 1.29 is 43.6 Å². The van der Waals surface area contributed by atoms with E-state index in [2.05, 4.69) is 39.7 Å². The van der Waals surface area contributed by atoms with E-state index >= 15 is 0 Å². The number of carbonyl (C=O) groups excluding carboxylic acids is 6. The van der Waals surface area contributed by atoms with Crippen molar-refractivity contribution in [2.75, 3.05) is 11.5 Å². The molecule has 216 valence electrons. The Labute approximate surface area is 266 Å². The van der Waals surface area contributed by atoms with Crippen LogP contribution in [0.3, 0.4) is 0 Å². The second kappa shape index (κ2) is 16.4. The van der Waals surface area contributed by atoms with Crippen molar-refractivity contribution in [1.82, 2.24) is 0 Å². The Bertz CT molecular complexity index is 1200. The zero-order chi connectivity index (χ0) is 31.3. The van der Waals surface area contributed by atoms with Crippen LogP contribution in [0.4, 0.5) is 11.4 Å². The maximum absolute atomic E-state index is 12.3. The molecule has 0 saturated heterocycles. The van der Waals surface area contributed by atoms with E-state index < -0.39 is 0 Å². The second-order valence-electron chi connectivity index (χ2n) is 11.1. The minimum absolute atomic E-state index is 0.0101.